The number of carboxylic acid groups (broad SMARTS) is 1. The summed E-state index contributed by atoms with van der Waals surface area (Å²) in [6, 6.07) is 5.19. The molecule has 1 aromatic heterocycles. The van der Waals surface area contributed by atoms with Gasteiger partial charge in [0.2, 0.25) is 0 Å². The number of hydrogen-bond acceptors (Lipinski definition) is 4. The maximum atomic E-state index is 14.2. The van der Waals surface area contributed by atoms with Gasteiger partial charge in [0.25, 0.3) is 0 Å². The standard InChI is InChI=1S/C22H21F2N3O2/c23-15-2-4-16(19(24)10-15)13-1-3-17-14(9-13)5-8-26-21(17)12-27-20-11-25-7-6-18(20)22(28)29/h1-4,6-7,9-11,14,17,21,26-27H,5,8,12H2,(H,28,29)/t14?,17?,21-/m1/s1. The van der Waals surface area contributed by atoms with Gasteiger partial charge in [-0.05, 0) is 42.7 Å². The maximum Gasteiger partial charge on any atom is 0.337 e. The number of piperidine rings is 1. The number of halogens is 2. The number of carbonyl (C=O) groups is 1. The Kier molecular flexibility index (Phi) is 5.40. The summed E-state index contributed by atoms with van der Waals surface area (Å²) in [6.07, 6.45) is 9.86. The molecule has 1 aliphatic heterocycles. The quantitative estimate of drug-likeness (QED) is 0.717. The zero-order valence-electron chi connectivity index (χ0n) is 15.6. The second-order valence-electron chi connectivity index (χ2n) is 7.30. The van der Waals surface area contributed by atoms with Crippen molar-refractivity contribution in [2.45, 2.75) is 12.5 Å². The molecule has 0 saturated carbocycles. The highest BCUT2D eigenvalue weighted by atomic mass is 19.1. The lowest BCUT2D eigenvalue weighted by molar-refractivity contribution is 0.0697. The Morgan fingerprint density at radius 3 is 2.97 bits per heavy atom. The highest BCUT2D eigenvalue weighted by molar-refractivity contribution is 5.93. The molecule has 3 N–H and O–H groups in total. The number of pyridine rings is 1. The van der Waals surface area contributed by atoms with Crippen LogP contribution < -0.4 is 10.6 Å². The molecule has 0 bridgehead atoms. The highest BCUT2D eigenvalue weighted by Crippen LogP contribution is 2.35. The van der Waals surface area contributed by atoms with Crippen molar-refractivity contribution in [3.05, 3.63) is 77.6 Å². The molecule has 2 aliphatic rings. The maximum absolute atomic E-state index is 14.2. The number of hydrogen-bond donors (Lipinski definition) is 3. The van der Waals surface area contributed by atoms with Crippen LogP contribution in [0, 0.1) is 23.5 Å². The molecule has 0 amide bonds. The van der Waals surface area contributed by atoms with Crippen LogP contribution in [0.1, 0.15) is 22.3 Å². The fourth-order valence-electron chi connectivity index (χ4n) is 4.09. The summed E-state index contributed by atoms with van der Waals surface area (Å²) < 4.78 is 27.4. The summed E-state index contributed by atoms with van der Waals surface area (Å²) in [7, 11) is 0. The summed E-state index contributed by atoms with van der Waals surface area (Å²) in [5, 5.41) is 16.0. The predicted molar refractivity (Wildman–Crippen MR) is 107 cm³/mol. The molecular formula is C22H21F2N3O2. The lowest BCUT2D eigenvalue weighted by Gasteiger charge is -2.38. The minimum Gasteiger partial charge on any atom is -0.478 e. The molecule has 1 aromatic carbocycles. The van der Waals surface area contributed by atoms with Crippen molar-refractivity contribution < 1.29 is 18.7 Å². The van der Waals surface area contributed by atoms with Gasteiger partial charge in [0.05, 0.1) is 17.4 Å². The first kappa shape index (κ1) is 19.3. The lowest BCUT2D eigenvalue weighted by atomic mass is 9.75. The predicted octanol–water partition coefficient (Wildman–Crippen LogP) is 3.72. The Morgan fingerprint density at radius 2 is 2.17 bits per heavy atom. The van der Waals surface area contributed by atoms with Crippen LogP contribution in [-0.2, 0) is 0 Å². The highest BCUT2D eigenvalue weighted by Gasteiger charge is 2.32. The average molecular weight is 397 g/mol. The molecule has 0 spiro atoms. The van der Waals surface area contributed by atoms with Crippen LogP contribution in [0.4, 0.5) is 14.5 Å². The zero-order chi connectivity index (χ0) is 20.4. The van der Waals surface area contributed by atoms with E-state index in [0.717, 1.165) is 24.6 Å². The third-order valence-electron chi connectivity index (χ3n) is 5.54. The van der Waals surface area contributed by atoms with Crippen LogP contribution in [-0.4, -0.2) is 35.2 Å². The second kappa shape index (κ2) is 8.13. The van der Waals surface area contributed by atoms with Crippen LogP contribution in [0.15, 0.2) is 54.9 Å². The molecule has 2 unspecified atom stereocenters. The van der Waals surface area contributed by atoms with Crippen molar-refractivity contribution in [2.24, 2.45) is 11.8 Å². The van der Waals surface area contributed by atoms with Gasteiger partial charge in [-0.25, -0.2) is 13.6 Å². The topological polar surface area (TPSA) is 74.2 Å². The van der Waals surface area contributed by atoms with Gasteiger partial charge in [0, 0.05) is 36.3 Å². The summed E-state index contributed by atoms with van der Waals surface area (Å²) in [5.41, 5.74) is 1.82. The largest absolute Gasteiger partial charge is 0.478 e. The van der Waals surface area contributed by atoms with E-state index in [1.54, 1.807) is 0 Å². The Labute approximate surface area is 167 Å². The number of aromatic carboxylic acids is 1. The van der Waals surface area contributed by atoms with E-state index < -0.39 is 17.6 Å². The number of aromatic nitrogens is 1. The minimum atomic E-state index is -1.00. The number of fused-ring (bicyclic) bond motifs is 1. The SMILES string of the molecule is O=C(O)c1ccncc1NC[C@H]1NCCC2C=C(c3ccc(F)cc3F)C=CC21. The van der Waals surface area contributed by atoms with Crippen molar-refractivity contribution in [2.75, 3.05) is 18.4 Å². The third-order valence-corrected chi connectivity index (χ3v) is 5.54. The molecule has 2 aromatic rings. The molecule has 3 atom stereocenters. The molecule has 7 heteroatoms. The molecule has 1 aliphatic carbocycles. The van der Waals surface area contributed by atoms with Gasteiger partial charge < -0.3 is 15.7 Å². The number of nitrogens with one attached hydrogen (secondary N) is 2. The van der Waals surface area contributed by atoms with Crippen molar-refractivity contribution >= 4 is 17.2 Å². The summed E-state index contributed by atoms with van der Waals surface area (Å²) in [6.45, 7) is 1.33. The van der Waals surface area contributed by atoms with Gasteiger partial charge in [0.1, 0.15) is 11.6 Å². The normalized spacial score (nSPS) is 23.2. The summed E-state index contributed by atoms with van der Waals surface area (Å²) in [5.74, 6) is -1.75. The molecule has 29 heavy (non-hydrogen) atoms. The number of rotatable bonds is 5. The fourth-order valence-corrected chi connectivity index (χ4v) is 4.09. The smallest absolute Gasteiger partial charge is 0.337 e. The number of carboxylic acids is 1. The van der Waals surface area contributed by atoms with E-state index in [1.807, 2.05) is 6.08 Å². The first-order valence-corrected chi connectivity index (χ1v) is 9.53. The Hall–Kier alpha value is -3.06. The first-order chi connectivity index (χ1) is 14.0. The van der Waals surface area contributed by atoms with Crippen molar-refractivity contribution in [3.63, 3.8) is 0 Å². The lowest BCUT2D eigenvalue weighted by Crippen LogP contribution is -2.49. The number of anilines is 1. The van der Waals surface area contributed by atoms with Gasteiger partial charge >= 0.3 is 5.97 Å². The number of benzene rings is 1. The molecule has 150 valence electrons. The molecule has 4 rings (SSSR count). The number of allylic oxidation sites excluding steroid dienone is 3. The van der Waals surface area contributed by atoms with Crippen LogP contribution in [0.5, 0.6) is 0 Å². The molecule has 1 fully saturated rings. The van der Waals surface area contributed by atoms with Gasteiger partial charge in [-0.3, -0.25) is 4.98 Å². The van der Waals surface area contributed by atoms with E-state index in [-0.39, 0.29) is 23.4 Å². The van der Waals surface area contributed by atoms with Crippen molar-refractivity contribution in [1.82, 2.24) is 10.3 Å². The van der Waals surface area contributed by atoms with E-state index in [0.29, 0.717) is 17.8 Å². The third kappa shape index (κ3) is 4.05. The minimum absolute atomic E-state index is 0.0858. The Morgan fingerprint density at radius 1 is 1.31 bits per heavy atom. The van der Waals surface area contributed by atoms with Crippen molar-refractivity contribution in [3.8, 4) is 0 Å². The van der Waals surface area contributed by atoms with Crippen LogP contribution in [0.25, 0.3) is 5.57 Å². The molecular weight excluding hydrogens is 376 g/mol. The second-order valence-corrected chi connectivity index (χ2v) is 7.30. The van der Waals surface area contributed by atoms with Gasteiger partial charge in [-0.15, -0.1) is 0 Å². The molecule has 1 saturated heterocycles. The molecule has 5 nitrogen and oxygen atoms in total. The number of nitrogens with zero attached hydrogens (tertiary/aromatic N) is 1. The zero-order valence-corrected chi connectivity index (χ0v) is 15.6. The monoisotopic (exact) mass is 397 g/mol. The van der Waals surface area contributed by atoms with E-state index in [1.165, 1.54) is 30.6 Å². The van der Waals surface area contributed by atoms with Crippen LogP contribution >= 0.6 is 0 Å². The van der Waals surface area contributed by atoms with E-state index in [9.17, 15) is 18.7 Å². The summed E-state index contributed by atoms with van der Waals surface area (Å²) >= 11 is 0. The van der Waals surface area contributed by atoms with Crippen LogP contribution in [0.3, 0.4) is 0 Å². The van der Waals surface area contributed by atoms with Crippen molar-refractivity contribution in [1.29, 1.82) is 0 Å². The molecule has 2 heterocycles. The van der Waals surface area contributed by atoms with Gasteiger partial charge in [-0.1, -0.05) is 18.2 Å². The van der Waals surface area contributed by atoms with Crippen LogP contribution in [0.2, 0.25) is 0 Å². The van der Waals surface area contributed by atoms with E-state index in [4.69, 9.17) is 0 Å². The average Bonchev–Trinajstić information content (AvgIpc) is 2.72. The van der Waals surface area contributed by atoms with E-state index >= 15 is 0 Å². The Bertz CT molecular complexity index is 990. The van der Waals surface area contributed by atoms with Gasteiger partial charge in [-0.2, -0.15) is 0 Å². The fraction of sp³-hybridized carbons (Fsp3) is 0.273. The summed E-state index contributed by atoms with van der Waals surface area (Å²) in [4.78, 5) is 15.4. The van der Waals surface area contributed by atoms with E-state index in [2.05, 4.69) is 27.8 Å². The Balaban J connectivity index is 1.49. The molecule has 0 radical (unpaired) electrons. The first-order valence-electron chi connectivity index (χ1n) is 9.53. The van der Waals surface area contributed by atoms with Gasteiger partial charge in [0.15, 0.2) is 0 Å².